The summed E-state index contributed by atoms with van der Waals surface area (Å²) in [6.07, 6.45) is 22.4. The molecule has 16 rings (SSSR count). The molecular formula is C92H125N21O6. The molecular weight excluding hydrogens is 1500 g/mol. The minimum atomic E-state index is -0.204. The number of aliphatic hydroxyl groups is 1. The lowest BCUT2D eigenvalue weighted by molar-refractivity contribution is 0.0378. The molecule has 8 N–H and O–H groups in total. The van der Waals surface area contributed by atoms with Crippen molar-refractivity contribution in [3.8, 4) is 45.6 Å². The number of anilines is 3. The maximum atomic E-state index is 12.0. The number of H-pyrrole nitrogens is 4. The minimum absolute atomic E-state index is 0.0798. The molecule has 12 aromatic rings. The van der Waals surface area contributed by atoms with Gasteiger partial charge in [-0.25, -0.2) is 43.0 Å². The minimum Gasteiger partial charge on any atom is -0.393 e. The second kappa shape index (κ2) is 38.7. The van der Waals surface area contributed by atoms with Gasteiger partial charge in [0.15, 0.2) is 45.9 Å². The number of piperidine rings is 1. The van der Waals surface area contributed by atoms with E-state index in [9.17, 15) is 24.3 Å². The fraction of sp³-hybridized carbons (Fsp3) is 0.522. The molecule has 119 heavy (non-hydrogen) atoms. The van der Waals surface area contributed by atoms with Crippen LogP contribution in [0.2, 0.25) is 0 Å². The molecule has 634 valence electrons. The molecule has 10 heterocycles. The monoisotopic (exact) mass is 1620 g/mol. The molecule has 4 aromatic carbocycles. The maximum Gasteiger partial charge on any atom is 0.266 e. The van der Waals surface area contributed by atoms with Gasteiger partial charge in [-0.05, 0) is 108 Å². The van der Waals surface area contributed by atoms with Crippen molar-refractivity contribution in [1.82, 2.24) is 88.1 Å². The zero-order chi connectivity index (χ0) is 84.0. The quantitative estimate of drug-likeness (QED) is 0.0292. The normalized spacial score (nSPS) is 15.8. The Kier molecular flexibility index (Phi) is 28.1. The molecule has 27 nitrogen and oxygen atoms in total. The first kappa shape index (κ1) is 86.4. The van der Waals surface area contributed by atoms with E-state index >= 15 is 0 Å². The van der Waals surface area contributed by atoms with Crippen molar-refractivity contribution < 1.29 is 9.84 Å². The molecule has 0 bridgehead atoms. The van der Waals surface area contributed by atoms with E-state index in [1.54, 1.807) is 24.1 Å². The van der Waals surface area contributed by atoms with Gasteiger partial charge in [0.25, 0.3) is 22.2 Å². The highest BCUT2D eigenvalue weighted by atomic mass is 16.5. The van der Waals surface area contributed by atoms with Crippen molar-refractivity contribution in [2.24, 2.45) is 5.92 Å². The van der Waals surface area contributed by atoms with E-state index in [0.29, 0.717) is 69.8 Å². The number of morpholine rings is 1. The zero-order valence-corrected chi connectivity index (χ0v) is 72.0. The van der Waals surface area contributed by atoms with Gasteiger partial charge in [0.1, 0.15) is 5.82 Å². The number of fused-ring (bicyclic) bond motifs is 4. The number of aromatic nitrogens is 16. The average Bonchev–Trinajstić information content (AvgIpc) is 1.68. The number of hydrogen-bond acceptors (Lipinski definition) is 19. The van der Waals surface area contributed by atoms with E-state index in [1.807, 2.05) is 24.3 Å². The SMILES string of the molecule is CC(C)(C)c1ccc(-c2nc(CCCCCC3CCCCC3)n3[nH]c(=O)cc3n2)cc1.CC(C)(C)c1ccc(-c2nc(NC3CCCCC3)n3[nH]c(=O)cc3n2)cc1.CC(C)(C)c1ccc(-c2nc(NCCCN3CCC(O)CC3)n3[nH]c(=O)cc3n2)cc1.CC(C)(C)c1ccc(-c2nc(NCCCN3CCOCC3)n3[nH]c(=O)cc3n2)cc1. The van der Waals surface area contributed by atoms with Crippen LogP contribution in [-0.4, -0.2) is 171 Å². The van der Waals surface area contributed by atoms with Crippen LogP contribution in [0.5, 0.6) is 0 Å². The first-order valence-corrected chi connectivity index (χ1v) is 43.4. The average molecular weight is 1620 g/mol. The van der Waals surface area contributed by atoms with Crippen molar-refractivity contribution >= 4 is 40.4 Å². The van der Waals surface area contributed by atoms with Crippen LogP contribution in [0, 0.1) is 5.92 Å². The van der Waals surface area contributed by atoms with Gasteiger partial charge in [0.2, 0.25) is 17.8 Å². The predicted molar refractivity (Wildman–Crippen MR) is 475 cm³/mol. The number of aryl methyl sites for hydroxylation is 1. The van der Waals surface area contributed by atoms with E-state index < -0.39 is 0 Å². The lowest BCUT2D eigenvalue weighted by Crippen LogP contribution is -2.37. The van der Waals surface area contributed by atoms with Crippen LogP contribution in [0.4, 0.5) is 17.8 Å². The number of unbranched alkanes of at least 4 members (excludes halogenated alkanes) is 2. The highest BCUT2D eigenvalue weighted by Crippen LogP contribution is 2.33. The van der Waals surface area contributed by atoms with E-state index in [2.05, 4.69) is 222 Å². The van der Waals surface area contributed by atoms with Gasteiger partial charge >= 0.3 is 0 Å². The Hall–Kier alpha value is -10.5. The molecule has 2 saturated heterocycles. The molecule has 0 radical (unpaired) electrons. The first-order valence-electron chi connectivity index (χ1n) is 43.4. The summed E-state index contributed by atoms with van der Waals surface area (Å²) in [5.74, 6) is 6.18. The van der Waals surface area contributed by atoms with Crippen LogP contribution in [0.3, 0.4) is 0 Å². The standard InChI is InChI=1S/C26H36N4O.C23H32N6O2.C22H30N6O2.C21H27N5O/c1-26(2,3)21-16-14-20(15-17-21)25-27-22(30-23(28-25)18-24(31)29-30)13-9-5-8-12-19-10-6-4-7-11-19;1-23(2,3)17-7-5-16(6-8-17)21-25-19-15-20(31)27-29(19)22(26-21)24-11-4-12-28-13-9-18(30)10-14-28;1-22(2,3)17-7-5-16(6-8-17)20-24-18-15-19(29)26-28(18)21(25-20)23-9-4-10-27-11-13-30-14-12-27;1-21(2,3)15-11-9-14(10-12-15)19-23-17-13-18(27)25-26(17)20(24-19)22-16-7-5-4-6-8-16/h14-19H,4-13H2,1-3H3,(H,29,31);5-8,15,18,30H,4,9-14H2,1-3H3,(H,27,31)(H,24,25,26);5-8,15H,4,9-14H2,1-3H3,(H,26,29)(H,23,24,25);9-13,16H,4-8H2,1-3H3,(H,25,27)(H,22,23,24). The number of hydrogen-bond donors (Lipinski definition) is 8. The van der Waals surface area contributed by atoms with Crippen LogP contribution < -0.4 is 38.2 Å². The fourth-order valence-electron chi connectivity index (χ4n) is 16.0. The summed E-state index contributed by atoms with van der Waals surface area (Å²) in [5.41, 5.74) is 10.9. The molecule has 2 saturated carbocycles. The number of aliphatic hydroxyl groups excluding tert-OH is 1. The molecule has 0 atom stereocenters. The summed E-state index contributed by atoms with van der Waals surface area (Å²) >= 11 is 0. The third-order valence-electron chi connectivity index (χ3n) is 23.2. The van der Waals surface area contributed by atoms with Gasteiger partial charge in [-0.15, -0.1) is 0 Å². The number of nitrogens with zero attached hydrogens (tertiary/aromatic N) is 14. The summed E-state index contributed by atoms with van der Waals surface area (Å²) in [4.78, 5) is 89.8. The molecule has 0 unspecified atom stereocenters. The lowest BCUT2D eigenvalue weighted by Gasteiger charge is -2.29. The molecule has 0 amide bonds. The summed E-state index contributed by atoms with van der Waals surface area (Å²) in [5, 5.41) is 31.1. The zero-order valence-electron chi connectivity index (χ0n) is 72.0. The van der Waals surface area contributed by atoms with Crippen LogP contribution in [-0.2, 0) is 32.8 Å². The highest BCUT2D eigenvalue weighted by molar-refractivity contribution is 5.64. The molecule has 8 aromatic heterocycles. The smallest absolute Gasteiger partial charge is 0.266 e. The van der Waals surface area contributed by atoms with Gasteiger partial charge in [0, 0.05) is 98.3 Å². The molecule has 2 aliphatic carbocycles. The summed E-state index contributed by atoms with van der Waals surface area (Å²) in [6, 6.07) is 39.9. The van der Waals surface area contributed by atoms with Crippen LogP contribution in [0.15, 0.2) is 141 Å². The summed E-state index contributed by atoms with van der Waals surface area (Å²) < 4.78 is 12.0. The summed E-state index contributed by atoms with van der Waals surface area (Å²) in [6.45, 7) is 35.3. The van der Waals surface area contributed by atoms with Crippen molar-refractivity contribution in [2.75, 3.05) is 81.5 Å². The molecule has 2 aliphatic heterocycles. The van der Waals surface area contributed by atoms with Crippen LogP contribution in [0.25, 0.3) is 68.1 Å². The Balaban J connectivity index is 0.000000138. The molecule has 4 aliphatic rings. The second-order valence-electron chi connectivity index (χ2n) is 36.8. The number of rotatable bonds is 22. The van der Waals surface area contributed by atoms with E-state index in [4.69, 9.17) is 24.7 Å². The van der Waals surface area contributed by atoms with E-state index in [1.165, 1.54) is 111 Å². The second-order valence-corrected chi connectivity index (χ2v) is 36.8. The Morgan fingerprint density at radius 2 is 0.731 bits per heavy atom. The Bertz CT molecular complexity index is 5520. The largest absolute Gasteiger partial charge is 0.393 e. The van der Waals surface area contributed by atoms with Crippen molar-refractivity contribution in [2.45, 2.75) is 239 Å². The number of ether oxygens (including phenoxy) is 1. The molecule has 4 fully saturated rings. The van der Waals surface area contributed by atoms with Crippen LogP contribution in [0.1, 0.15) is 227 Å². The van der Waals surface area contributed by atoms with Gasteiger partial charge in [-0.3, -0.25) is 44.5 Å². The predicted octanol–water partition coefficient (Wildman–Crippen LogP) is 15.3. The van der Waals surface area contributed by atoms with E-state index in [0.717, 1.165) is 151 Å². The van der Waals surface area contributed by atoms with Gasteiger partial charge < -0.3 is 30.7 Å². The van der Waals surface area contributed by atoms with Crippen molar-refractivity contribution in [1.29, 1.82) is 0 Å². The van der Waals surface area contributed by atoms with Gasteiger partial charge in [-0.1, -0.05) is 251 Å². The Morgan fingerprint density at radius 3 is 1.13 bits per heavy atom. The lowest BCUT2D eigenvalue weighted by atomic mass is 9.85. The highest BCUT2D eigenvalue weighted by Gasteiger charge is 2.24. The van der Waals surface area contributed by atoms with Gasteiger partial charge in [0.05, 0.1) is 19.3 Å². The number of nitrogens with one attached hydrogen (secondary N) is 7. The third-order valence-corrected chi connectivity index (χ3v) is 23.2. The van der Waals surface area contributed by atoms with Crippen molar-refractivity contribution in [3.63, 3.8) is 0 Å². The third kappa shape index (κ3) is 23.5. The van der Waals surface area contributed by atoms with E-state index in [-0.39, 0.29) is 50.0 Å². The first-order chi connectivity index (χ1) is 57.0. The maximum absolute atomic E-state index is 12.0. The summed E-state index contributed by atoms with van der Waals surface area (Å²) in [7, 11) is 0. The topological polar surface area (TPSA) is 324 Å². The number of likely N-dealkylation sites (tertiary alicyclic amines) is 1. The Labute approximate surface area is 697 Å². The van der Waals surface area contributed by atoms with Gasteiger partial charge in [-0.2, -0.15) is 15.0 Å². The van der Waals surface area contributed by atoms with Crippen molar-refractivity contribution in [3.05, 3.63) is 191 Å². The number of aromatic amines is 4. The fourth-order valence-corrected chi connectivity index (χ4v) is 16.0. The molecule has 0 spiro atoms. The molecule has 27 heteroatoms. The van der Waals surface area contributed by atoms with Crippen LogP contribution >= 0.6 is 0 Å². The number of benzene rings is 4. The Morgan fingerprint density at radius 1 is 0.387 bits per heavy atom.